The number of rotatable bonds is 3. The highest BCUT2D eigenvalue weighted by Gasteiger charge is 2.80. The number of nitrogens with one attached hydrogen (secondary N) is 2. The summed E-state index contributed by atoms with van der Waals surface area (Å²) in [6.07, 6.45) is -4.37. The molecule has 2 aliphatic rings. The minimum absolute atomic E-state index is 0.00766. The molecular formula is C20H14ClF6N3O2. The maximum atomic E-state index is 14.5. The number of benzene rings is 2. The summed E-state index contributed by atoms with van der Waals surface area (Å²) in [5.41, 5.74) is -0.965. The van der Waals surface area contributed by atoms with E-state index in [2.05, 4.69) is 11.0 Å². The number of hydrogen-bond acceptors (Lipinski definition) is 4. The third-order valence-electron chi connectivity index (χ3n) is 5.58. The van der Waals surface area contributed by atoms with Crippen molar-refractivity contribution in [2.45, 2.75) is 31.6 Å². The van der Waals surface area contributed by atoms with E-state index in [1.54, 1.807) is 0 Å². The van der Waals surface area contributed by atoms with Gasteiger partial charge >= 0.3 is 18.1 Å². The average Bonchev–Trinajstić information content (AvgIpc) is 3.15. The number of anilines is 1. The number of carboxylic acids is 1. The molecule has 0 saturated carbocycles. The van der Waals surface area contributed by atoms with Gasteiger partial charge in [-0.05, 0) is 43.2 Å². The summed E-state index contributed by atoms with van der Waals surface area (Å²) in [5.74, 6) is -6.00. The molecular weight excluding hydrogens is 464 g/mol. The second kappa shape index (κ2) is 6.79. The van der Waals surface area contributed by atoms with Gasteiger partial charge in [0.2, 0.25) is 0 Å². The molecule has 3 N–H and O–H groups in total. The van der Waals surface area contributed by atoms with Gasteiger partial charge in [0.05, 0.1) is 22.0 Å². The van der Waals surface area contributed by atoms with Gasteiger partial charge in [0.25, 0.3) is 5.67 Å². The molecule has 4 rings (SSSR count). The molecule has 5 nitrogen and oxygen atoms in total. The molecule has 1 aliphatic carbocycles. The van der Waals surface area contributed by atoms with Gasteiger partial charge in [0.15, 0.2) is 0 Å². The van der Waals surface area contributed by atoms with Crippen molar-refractivity contribution in [3.05, 3.63) is 68.9 Å². The molecule has 0 fully saturated rings. The number of carboxylic acid groups (broad SMARTS) is 1. The summed E-state index contributed by atoms with van der Waals surface area (Å²) in [5, 5.41) is 10.6. The second-order valence-corrected chi connectivity index (χ2v) is 7.87. The number of alkyl halides is 6. The Morgan fingerprint density at radius 1 is 1.16 bits per heavy atom. The first kappa shape index (κ1) is 22.3. The number of fused-ring (bicyclic) bond motifs is 1. The van der Waals surface area contributed by atoms with E-state index in [4.69, 9.17) is 11.6 Å². The third-order valence-corrected chi connectivity index (χ3v) is 5.91. The van der Waals surface area contributed by atoms with Gasteiger partial charge < -0.3 is 10.5 Å². The SMILES string of the molecule is Cc1cc2c(c(C)c1C1=CN(c3ccc(Cl)c(C(=O)O)c3)NN1)C(F)(F)C2(F)C(F)(F)F. The Kier molecular flexibility index (Phi) is 4.73. The predicted octanol–water partition coefficient (Wildman–Crippen LogP) is 5.32. The summed E-state index contributed by atoms with van der Waals surface area (Å²) < 4.78 is 82.7. The molecule has 1 aliphatic heterocycles. The van der Waals surface area contributed by atoms with Gasteiger partial charge in [0, 0.05) is 22.9 Å². The van der Waals surface area contributed by atoms with Crippen molar-refractivity contribution in [3.63, 3.8) is 0 Å². The summed E-state index contributed by atoms with van der Waals surface area (Å²) in [7, 11) is 0. The quantitative estimate of drug-likeness (QED) is 0.523. The molecule has 0 spiro atoms. The molecule has 2 aromatic rings. The average molecular weight is 478 g/mol. The fourth-order valence-electron chi connectivity index (χ4n) is 4.09. The molecule has 0 bridgehead atoms. The molecule has 0 aromatic heterocycles. The Balaban J connectivity index is 1.78. The summed E-state index contributed by atoms with van der Waals surface area (Å²) in [6.45, 7) is 2.58. The number of halogens is 7. The zero-order valence-electron chi connectivity index (χ0n) is 16.3. The number of hydrazine groups is 2. The molecule has 2 aromatic carbocycles. The van der Waals surface area contributed by atoms with Gasteiger partial charge in [-0.3, -0.25) is 5.01 Å². The first-order valence-electron chi connectivity index (χ1n) is 9.06. The van der Waals surface area contributed by atoms with Crippen LogP contribution >= 0.6 is 11.6 Å². The first-order chi connectivity index (χ1) is 14.7. The normalized spacial score (nSPS) is 21.5. The van der Waals surface area contributed by atoms with Crippen molar-refractivity contribution >= 4 is 29.0 Å². The van der Waals surface area contributed by atoms with Crippen molar-refractivity contribution in [2.75, 3.05) is 5.01 Å². The van der Waals surface area contributed by atoms with E-state index in [9.17, 15) is 36.2 Å². The minimum atomic E-state index is -5.77. The second-order valence-electron chi connectivity index (χ2n) is 7.47. The molecule has 1 unspecified atom stereocenters. The van der Waals surface area contributed by atoms with Crippen molar-refractivity contribution in [1.29, 1.82) is 0 Å². The number of hydrogen-bond donors (Lipinski definition) is 3. The third kappa shape index (κ3) is 2.80. The van der Waals surface area contributed by atoms with Crippen LogP contribution in [-0.2, 0) is 11.6 Å². The van der Waals surface area contributed by atoms with E-state index in [0.29, 0.717) is 5.69 Å². The number of carbonyl (C=O) groups is 1. The Labute approximate surface area is 182 Å². The highest BCUT2D eigenvalue weighted by atomic mass is 35.5. The Morgan fingerprint density at radius 3 is 2.41 bits per heavy atom. The zero-order valence-corrected chi connectivity index (χ0v) is 17.1. The van der Waals surface area contributed by atoms with Gasteiger partial charge in [-0.25, -0.2) is 9.18 Å². The molecule has 0 radical (unpaired) electrons. The smallest absolute Gasteiger partial charge is 0.433 e. The largest absolute Gasteiger partial charge is 0.478 e. The zero-order chi connectivity index (χ0) is 23.8. The van der Waals surface area contributed by atoms with Crippen LogP contribution in [0.3, 0.4) is 0 Å². The minimum Gasteiger partial charge on any atom is -0.478 e. The molecule has 0 saturated heterocycles. The lowest BCUT2D eigenvalue weighted by atomic mass is 9.67. The van der Waals surface area contributed by atoms with Crippen molar-refractivity contribution in [1.82, 2.24) is 11.0 Å². The van der Waals surface area contributed by atoms with Crippen LogP contribution in [0.5, 0.6) is 0 Å². The van der Waals surface area contributed by atoms with Crippen LogP contribution in [0.15, 0.2) is 30.5 Å². The van der Waals surface area contributed by atoms with E-state index in [1.807, 2.05) is 0 Å². The topological polar surface area (TPSA) is 64.6 Å². The van der Waals surface area contributed by atoms with Crippen molar-refractivity contribution in [2.24, 2.45) is 0 Å². The van der Waals surface area contributed by atoms with Crippen LogP contribution in [0, 0.1) is 13.8 Å². The van der Waals surface area contributed by atoms with Crippen LogP contribution < -0.4 is 16.0 Å². The van der Waals surface area contributed by atoms with E-state index in [-0.39, 0.29) is 33.0 Å². The monoisotopic (exact) mass is 477 g/mol. The molecule has 1 heterocycles. The van der Waals surface area contributed by atoms with Crippen LogP contribution in [-0.4, -0.2) is 17.3 Å². The van der Waals surface area contributed by atoms with Gasteiger partial charge in [-0.2, -0.15) is 22.0 Å². The number of nitrogens with zero attached hydrogens (tertiary/aromatic N) is 1. The van der Waals surface area contributed by atoms with Gasteiger partial charge in [-0.15, -0.1) is 5.53 Å². The van der Waals surface area contributed by atoms with E-state index in [0.717, 1.165) is 6.07 Å². The molecule has 0 amide bonds. The lowest BCUT2D eigenvalue weighted by Crippen LogP contribution is -2.59. The fraction of sp³-hybridized carbons (Fsp3) is 0.250. The van der Waals surface area contributed by atoms with Gasteiger partial charge in [0.1, 0.15) is 0 Å². The number of aromatic carboxylic acids is 1. The van der Waals surface area contributed by atoms with Crippen molar-refractivity contribution < 1.29 is 36.2 Å². The van der Waals surface area contributed by atoms with Crippen LogP contribution in [0.2, 0.25) is 5.02 Å². The lowest BCUT2D eigenvalue weighted by Gasteiger charge is -2.46. The Morgan fingerprint density at radius 2 is 1.81 bits per heavy atom. The molecule has 32 heavy (non-hydrogen) atoms. The Bertz CT molecular complexity index is 1200. The standard InChI is InChI=1S/C20H14ClF6N3O2/c1-8-5-12-16(19(23,24)18(12,22)20(25,26)27)9(2)15(8)14-7-30(29-28-14)10-3-4-13(21)11(6-10)17(31)32/h3-7,28-29H,1-2H3,(H,31,32). The van der Waals surface area contributed by atoms with E-state index >= 15 is 0 Å². The summed E-state index contributed by atoms with van der Waals surface area (Å²) >= 11 is 5.85. The highest BCUT2D eigenvalue weighted by Crippen LogP contribution is 2.67. The van der Waals surface area contributed by atoms with Crippen LogP contribution in [0.4, 0.5) is 32.0 Å². The van der Waals surface area contributed by atoms with Gasteiger partial charge in [-0.1, -0.05) is 17.7 Å². The number of aryl methyl sites for hydroxylation is 1. The lowest BCUT2D eigenvalue weighted by molar-refractivity contribution is -0.333. The Hall–Kier alpha value is -2.92. The van der Waals surface area contributed by atoms with Crippen LogP contribution in [0.1, 0.15) is 38.2 Å². The summed E-state index contributed by atoms with van der Waals surface area (Å²) in [4.78, 5) is 11.3. The summed E-state index contributed by atoms with van der Waals surface area (Å²) in [6, 6.07) is 4.90. The predicted molar refractivity (Wildman–Crippen MR) is 104 cm³/mol. The molecule has 170 valence electrons. The maximum Gasteiger partial charge on any atom is 0.433 e. The molecule has 1 atom stereocenters. The first-order valence-corrected chi connectivity index (χ1v) is 9.44. The highest BCUT2D eigenvalue weighted by molar-refractivity contribution is 6.33. The van der Waals surface area contributed by atoms with E-state index < -0.39 is 34.9 Å². The van der Waals surface area contributed by atoms with E-state index in [1.165, 1.54) is 43.3 Å². The van der Waals surface area contributed by atoms with Crippen LogP contribution in [0.25, 0.3) is 5.70 Å². The van der Waals surface area contributed by atoms with Crippen molar-refractivity contribution in [3.8, 4) is 0 Å². The fourth-order valence-corrected chi connectivity index (χ4v) is 4.29. The maximum absolute atomic E-state index is 14.5. The molecule has 12 heteroatoms.